The fraction of sp³-hybridized carbons (Fsp3) is 0.154. The predicted octanol–water partition coefficient (Wildman–Crippen LogP) is 3.61. The van der Waals surface area contributed by atoms with Gasteiger partial charge in [-0.3, -0.25) is 9.36 Å². The summed E-state index contributed by atoms with van der Waals surface area (Å²) < 4.78 is 1.95. The summed E-state index contributed by atoms with van der Waals surface area (Å²) in [5.41, 5.74) is 6.28. The Kier molecular flexibility index (Phi) is 8.26. The van der Waals surface area contributed by atoms with Crippen molar-refractivity contribution < 1.29 is 9.90 Å². The molecule has 1 amide bonds. The third-order valence-electron chi connectivity index (χ3n) is 5.18. The van der Waals surface area contributed by atoms with E-state index in [1.54, 1.807) is 6.21 Å². The van der Waals surface area contributed by atoms with E-state index < -0.39 is 0 Å². The van der Waals surface area contributed by atoms with Gasteiger partial charge < -0.3 is 10.0 Å². The first-order valence-corrected chi connectivity index (χ1v) is 12.1. The van der Waals surface area contributed by atoms with Gasteiger partial charge in [0.2, 0.25) is 0 Å². The van der Waals surface area contributed by atoms with Crippen LogP contribution in [0.5, 0.6) is 0 Å². The highest BCUT2D eigenvalue weighted by Crippen LogP contribution is 2.27. The first-order valence-electron chi connectivity index (χ1n) is 11.1. The minimum absolute atomic E-state index is 0.0962. The number of benzene rings is 3. The second-order valence-electron chi connectivity index (χ2n) is 7.66. The van der Waals surface area contributed by atoms with Gasteiger partial charge in [0.1, 0.15) is 0 Å². The molecule has 0 fully saturated rings. The minimum atomic E-state index is -0.241. The van der Waals surface area contributed by atoms with Crippen molar-refractivity contribution in [2.24, 2.45) is 5.10 Å². The Bertz CT molecular complexity index is 1260. The maximum absolute atomic E-state index is 12.4. The SMILES string of the molecule is CN(CCO)c1ccc(C=NNC(=O)CSc2nnc(-c3ccccc3)n2-c2ccccc2)cc1. The molecule has 4 aromatic rings. The lowest BCUT2D eigenvalue weighted by atomic mass is 10.2. The van der Waals surface area contributed by atoms with E-state index in [4.69, 9.17) is 5.11 Å². The number of hydrogen-bond donors (Lipinski definition) is 2. The minimum Gasteiger partial charge on any atom is -0.395 e. The molecule has 0 unspecified atom stereocenters. The summed E-state index contributed by atoms with van der Waals surface area (Å²) in [6, 6.07) is 27.4. The number of hydrazone groups is 1. The first kappa shape index (κ1) is 24.2. The lowest BCUT2D eigenvalue weighted by Gasteiger charge is -2.17. The number of nitrogens with zero attached hydrogens (tertiary/aromatic N) is 5. The Balaban J connectivity index is 1.40. The molecule has 3 aromatic carbocycles. The van der Waals surface area contributed by atoms with Crippen molar-refractivity contribution in [3.63, 3.8) is 0 Å². The Labute approximate surface area is 208 Å². The number of para-hydroxylation sites is 1. The van der Waals surface area contributed by atoms with Crippen molar-refractivity contribution in [3.8, 4) is 17.1 Å². The van der Waals surface area contributed by atoms with Gasteiger partial charge in [-0.25, -0.2) is 5.43 Å². The molecule has 0 aliphatic carbocycles. The molecular formula is C26H26N6O2S. The van der Waals surface area contributed by atoms with Crippen LogP contribution >= 0.6 is 11.8 Å². The number of aromatic nitrogens is 3. The van der Waals surface area contributed by atoms with Crippen molar-refractivity contribution in [3.05, 3.63) is 90.5 Å². The summed E-state index contributed by atoms with van der Waals surface area (Å²) in [5.74, 6) is 0.613. The van der Waals surface area contributed by atoms with Crippen molar-refractivity contribution in [2.45, 2.75) is 5.16 Å². The number of likely N-dealkylation sites (N-methyl/N-ethyl adjacent to an activating group) is 1. The summed E-state index contributed by atoms with van der Waals surface area (Å²) in [4.78, 5) is 14.4. The third kappa shape index (κ3) is 6.34. The maximum Gasteiger partial charge on any atom is 0.250 e. The van der Waals surface area contributed by atoms with Crippen LogP contribution in [0, 0.1) is 0 Å². The summed E-state index contributed by atoms with van der Waals surface area (Å²) in [6.07, 6.45) is 1.60. The number of aliphatic hydroxyl groups excluding tert-OH is 1. The number of thioether (sulfide) groups is 1. The molecule has 1 heterocycles. The van der Waals surface area contributed by atoms with Crippen LogP contribution in [-0.4, -0.2) is 57.9 Å². The Morgan fingerprint density at radius 3 is 2.40 bits per heavy atom. The number of aliphatic hydroxyl groups is 1. The molecule has 0 radical (unpaired) electrons. The number of anilines is 1. The van der Waals surface area contributed by atoms with Crippen LogP contribution in [0.3, 0.4) is 0 Å². The van der Waals surface area contributed by atoms with Crippen molar-refractivity contribution in [2.75, 3.05) is 30.9 Å². The molecule has 0 bridgehead atoms. The van der Waals surface area contributed by atoms with Crippen LogP contribution in [0.1, 0.15) is 5.56 Å². The number of hydrogen-bond acceptors (Lipinski definition) is 7. The fourth-order valence-electron chi connectivity index (χ4n) is 3.38. The second kappa shape index (κ2) is 12.0. The summed E-state index contributed by atoms with van der Waals surface area (Å²) in [6.45, 7) is 0.658. The van der Waals surface area contributed by atoms with Crippen LogP contribution in [0.25, 0.3) is 17.1 Å². The number of amides is 1. The molecule has 0 aliphatic rings. The molecule has 4 rings (SSSR count). The average Bonchev–Trinajstić information content (AvgIpc) is 3.33. The van der Waals surface area contributed by atoms with Gasteiger partial charge >= 0.3 is 0 Å². The lowest BCUT2D eigenvalue weighted by Crippen LogP contribution is -2.21. The zero-order valence-corrected chi connectivity index (χ0v) is 20.1. The van der Waals surface area contributed by atoms with E-state index in [9.17, 15) is 4.79 Å². The summed E-state index contributed by atoms with van der Waals surface area (Å²) >= 11 is 1.30. The number of carbonyl (C=O) groups excluding carboxylic acids is 1. The highest BCUT2D eigenvalue weighted by Gasteiger charge is 2.17. The monoisotopic (exact) mass is 486 g/mol. The molecule has 0 saturated heterocycles. The van der Waals surface area contributed by atoms with Crippen LogP contribution < -0.4 is 10.3 Å². The van der Waals surface area contributed by atoms with Crippen molar-refractivity contribution >= 4 is 29.6 Å². The van der Waals surface area contributed by atoms with Gasteiger partial charge in [0.25, 0.3) is 5.91 Å². The normalized spacial score (nSPS) is 11.0. The van der Waals surface area contributed by atoms with Gasteiger partial charge in [0.05, 0.1) is 18.6 Å². The molecule has 0 saturated carbocycles. The summed E-state index contributed by atoms with van der Waals surface area (Å²) in [5, 5.41) is 22.5. The summed E-state index contributed by atoms with van der Waals surface area (Å²) in [7, 11) is 1.92. The van der Waals surface area contributed by atoms with Gasteiger partial charge in [0, 0.05) is 30.5 Å². The Morgan fingerprint density at radius 2 is 1.71 bits per heavy atom. The highest BCUT2D eigenvalue weighted by molar-refractivity contribution is 7.99. The van der Waals surface area contributed by atoms with E-state index in [0.717, 1.165) is 22.5 Å². The van der Waals surface area contributed by atoms with E-state index in [1.807, 2.05) is 101 Å². The maximum atomic E-state index is 12.4. The van der Waals surface area contributed by atoms with Gasteiger partial charge in [0.15, 0.2) is 11.0 Å². The van der Waals surface area contributed by atoms with Gasteiger partial charge in [-0.1, -0.05) is 72.4 Å². The molecule has 2 N–H and O–H groups in total. The molecule has 178 valence electrons. The van der Waals surface area contributed by atoms with Crippen molar-refractivity contribution in [1.29, 1.82) is 0 Å². The van der Waals surface area contributed by atoms with Crippen LogP contribution in [0.4, 0.5) is 5.69 Å². The standard InChI is InChI=1S/C26H26N6O2S/c1-31(16-17-33)22-14-12-20(13-15-22)18-27-28-24(34)19-35-26-30-29-25(21-8-4-2-5-9-21)32(26)23-10-6-3-7-11-23/h2-15,18,33H,16-17,19H2,1H3,(H,28,34). The number of carbonyl (C=O) groups is 1. The van der Waals surface area contributed by atoms with Crippen LogP contribution in [0.2, 0.25) is 0 Å². The largest absolute Gasteiger partial charge is 0.395 e. The van der Waals surface area contributed by atoms with Gasteiger partial charge in [-0.05, 0) is 29.8 Å². The second-order valence-corrected chi connectivity index (χ2v) is 8.60. The quantitative estimate of drug-likeness (QED) is 0.202. The van der Waals surface area contributed by atoms with Crippen LogP contribution in [-0.2, 0) is 4.79 Å². The smallest absolute Gasteiger partial charge is 0.250 e. The van der Waals surface area contributed by atoms with Crippen LogP contribution in [0.15, 0.2) is 95.2 Å². The molecule has 35 heavy (non-hydrogen) atoms. The van der Waals surface area contributed by atoms with E-state index in [-0.39, 0.29) is 18.3 Å². The lowest BCUT2D eigenvalue weighted by molar-refractivity contribution is -0.118. The zero-order chi connectivity index (χ0) is 24.5. The third-order valence-corrected chi connectivity index (χ3v) is 6.11. The fourth-order valence-corrected chi connectivity index (χ4v) is 4.13. The predicted molar refractivity (Wildman–Crippen MR) is 140 cm³/mol. The molecule has 0 spiro atoms. The van der Waals surface area contributed by atoms with E-state index >= 15 is 0 Å². The van der Waals surface area contributed by atoms with E-state index in [0.29, 0.717) is 17.5 Å². The molecule has 8 nitrogen and oxygen atoms in total. The molecule has 1 aromatic heterocycles. The average molecular weight is 487 g/mol. The molecule has 9 heteroatoms. The highest BCUT2D eigenvalue weighted by atomic mass is 32.2. The van der Waals surface area contributed by atoms with Gasteiger partial charge in [-0.2, -0.15) is 5.10 Å². The number of rotatable bonds is 10. The molecule has 0 aliphatic heterocycles. The first-order chi connectivity index (χ1) is 17.2. The van der Waals surface area contributed by atoms with E-state index in [1.165, 1.54) is 11.8 Å². The van der Waals surface area contributed by atoms with E-state index in [2.05, 4.69) is 20.7 Å². The Morgan fingerprint density at radius 1 is 1.03 bits per heavy atom. The zero-order valence-electron chi connectivity index (χ0n) is 19.3. The van der Waals surface area contributed by atoms with Crippen molar-refractivity contribution in [1.82, 2.24) is 20.2 Å². The number of nitrogens with one attached hydrogen (secondary N) is 1. The topological polar surface area (TPSA) is 95.6 Å². The van der Waals surface area contributed by atoms with Gasteiger partial charge in [-0.15, -0.1) is 10.2 Å². The molecule has 0 atom stereocenters. The molecular weight excluding hydrogens is 460 g/mol. The Hall–Kier alpha value is -3.95.